The molecule has 1 aromatic heterocycles. The molecule has 1 heterocycles. The van der Waals surface area contributed by atoms with Crippen molar-refractivity contribution in [3.63, 3.8) is 0 Å². The summed E-state index contributed by atoms with van der Waals surface area (Å²) in [5, 5.41) is 12.7. The summed E-state index contributed by atoms with van der Waals surface area (Å²) < 4.78 is 10.3. The van der Waals surface area contributed by atoms with Crippen LogP contribution in [0.1, 0.15) is 88.6 Å². The lowest BCUT2D eigenvalue weighted by Gasteiger charge is -2.29. The number of pyridine rings is 1. The molecule has 0 aliphatic heterocycles. The second-order valence-corrected chi connectivity index (χ2v) is 13.0. The fraction of sp³-hybridized carbons (Fsp3) is 0.405. The van der Waals surface area contributed by atoms with Crippen LogP contribution in [0, 0.1) is 5.92 Å². The number of carbonyl (C=O) groups is 5. The van der Waals surface area contributed by atoms with E-state index in [2.05, 4.69) is 10.3 Å². The number of nitrogens with zero attached hydrogens (tertiary/aromatic N) is 2. The summed E-state index contributed by atoms with van der Waals surface area (Å²) in [4.78, 5) is 69.0. The molecule has 0 radical (unpaired) electrons. The molecule has 2 aromatic carbocycles. The van der Waals surface area contributed by atoms with E-state index in [9.17, 15) is 29.1 Å². The minimum Gasteiger partial charge on any atom is -0.480 e. The number of imide groups is 1. The molecule has 2 atom stereocenters. The molecule has 2 N–H and O–H groups in total. The minimum atomic E-state index is -1.40. The molecule has 1 unspecified atom stereocenters. The molecular weight excluding hydrogens is 614 g/mol. The Morgan fingerprint density at radius 1 is 0.896 bits per heavy atom. The summed E-state index contributed by atoms with van der Waals surface area (Å²) >= 11 is 0. The Labute approximate surface area is 281 Å². The van der Waals surface area contributed by atoms with Gasteiger partial charge in [-0.15, -0.1) is 0 Å². The van der Waals surface area contributed by atoms with Crippen LogP contribution in [-0.4, -0.2) is 63.6 Å². The van der Waals surface area contributed by atoms with E-state index < -0.39 is 35.5 Å². The number of amides is 3. The Morgan fingerprint density at radius 3 is 2.04 bits per heavy atom. The van der Waals surface area contributed by atoms with Gasteiger partial charge < -0.3 is 19.9 Å². The molecule has 0 aliphatic carbocycles. The number of anilines is 1. The SMILES string of the molecule is COC(=O)c1ccc(NC(=O)N(C(=O)CCCC(CC(=O)OC(C)(C)C)c2ccc(-c3ccncc3)cc2)[C@@H](CC(C)C)C(=O)O)cc1. The largest absolute Gasteiger partial charge is 0.480 e. The van der Waals surface area contributed by atoms with E-state index in [-0.39, 0.29) is 54.7 Å². The molecule has 256 valence electrons. The van der Waals surface area contributed by atoms with E-state index in [4.69, 9.17) is 9.47 Å². The number of methoxy groups -OCH3 is 1. The Hall–Kier alpha value is -5.06. The maximum Gasteiger partial charge on any atom is 0.337 e. The van der Waals surface area contributed by atoms with E-state index in [0.29, 0.717) is 6.42 Å². The summed E-state index contributed by atoms with van der Waals surface area (Å²) in [7, 11) is 1.25. The van der Waals surface area contributed by atoms with Crippen LogP contribution in [0.15, 0.2) is 73.1 Å². The number of ether oxygens (including phenoxy) is 2. The summed E-state index contributed by atoms with van der Waals surface area (Å²) in [6.07, 6.45) is 4.13. The van der Waals surface area contributed by atoms with Crippen molar-refractivity contribution in [1.82, 2.24) is 9.88 Å². The van der Waals surface area contributed by atoms with E-state index in [1.807, 2.05) is 50.2 Å². The summed E-state index contributed by atoms with van der Waals surface area (Å²) in [5.74, 6) is -3.30. The molecule has 0 spiro atoms. The van der Waals surface area contributed by atoms with Gasteiger partial charge in [0.05, 0.1) is 19.1 Å². The summed E-state index contributed by atoms with van der Waals surface area (Å²) in [6, 6.07) is 15.2. The van der Waals surface area contributed by atoms with Gasteiger partial charge in [-0.2, -0.15) is 0 Å². The first-order valence-electron chi connectivity index (χ1n) is 15.9. The first kappa shape index (κ1) is 37.4. The number of carbonyl (C=O) groups excluding carboxylic acids is 4. The first-order chi connectivity index (χ1) is 22.7. The van der Waals surface area contributed by atoms with Crippen LogP contribution in [0.4, 0.5) is 10.5 Å². The van der Waals surface area contributed by atoms with Crippen LogP contribution < -0.4 is 5.32 Å². The van der Waals surface area contributed by atoms with Gasteiger partial charge in [-0.05, 0) is 105 Å². The van der Waals surface area contributed by atoms with Crippen molar-refractivity contribution in [2.75, 3.05) is 12.4 Å². The van der Waals surface area contributed by atoms with Crippen LogP contribution in [0.3, 0.4) is 0 Å². The van der Waals surface area contributed by atoms with Gasteiger partial charge in [0.1, 0.15) is 11.6 Å². The number of nitrogens with one attached hydrogen (secondary N) is 1. The van der Waals surface area contributed by atoms with Gasteiger partial charge in [0.25, 0.3) is 0 Å². The lowest BCUT2D eigenvalue weighted by atomic mass is 9.89. The summed E-state index contributed by atoms with van der Waals surface area (Å²) in [5.41, 5.74) is 2.74. The number of hydrogen-bond donors (Lipinski definition) is 2. The zero-order valence-electron chi connectivity index (χ0n) is 28.4. The number of rotatable bonds is 14. The Kier molecular flexibility index (Phi) is 13.4. The maximum atomic E-state index is 13.7. The molecule has 0 fully saturated rings. The maximum absolute atomic E-state index is 13.7. The number of esters is 2. The number of aliphatic carboxylic acids is 1. The average molecular weight is 660 g/mol. The number of carboxylic acids is 1. The molecule has 0 saturated heterocycles. The average Bonchev–Trinajstić information content (AvgIpc) is 3.03. The molecule has 11 nitrogen and oxygen atoms in total. The second-order valence-electron chi connectivity index (χ2n) is 13.0. The molecule has 3 amide bonds. The standard InChI is InChI=1S/C37H45N3O8/c1-24(2)22-31(34(43)44)40(36(46)39-30-16-14-28(15-17-30)35(45)47-6)32(41)9-7-8-29(23-33(42)48-37(3,4)5)26-12-10-25(11-13-26)27-18-20-38-21-19-27/h10-21,24,29,31H,7-9,22-23H2,1-6H3,(H,39,46)(H,43,44)/t29?,31-/m0/s1. The van der Waals surface area contributed by atoms with Gasteiger partial charge in [0.2, 0.25) is 5.91 Å². The lowest BCUT2D eigenvalue weighted by molar-refractivity contribution is -0.155. The van der Waals surface area contributed by atoms with E-state index in [1.54, 1.807) is 33.2 Å². The third-order valence-electron chi connectivity index (χ3n) is 7.51. The van der Waals surface area contributed by atoms with Gasteiger partial charge in [-0.1, -0.05) is 38.1 Å². The molecule has 0 bridgehead atoms. The van der Waals surface area contributed by atoms with Crippen molar-refractivity contribution >= 4 is 35.5 Å². The van der Waals surface area contributed by atoms with Crippen molar-refractivity contribution in [2.45, 2.75) is 84.3 Å². The quantitative estimate of drug-likeness (QED) is 0.173. The normalized spacial score (nSPS) is 12.5. The third-order valence-corrected chi connectivity index (χ3v) is 7.51. The van der Waals surface area contributed by atoms with Gasteiger partial charge >= 0.3 is 23.9 Å². The fourth-order valence-corrected chi connectivity index (χ4v) is 5.27. The number of carboxylic acid groups (broad SMARTS) is 1. The lowest BCUT2D eigenvalue weighted by Crippen LogP contribution is -2.51. The molecule has 3 rings (SSSR count). The highest BCUT2D eigenvalue weighted by atomic mass is 16.6. The van der Waals surface area contributed by atoms with Gasteiger partial charge in [0.15, 0.2) is 0 Å². The van der Waals surface area contributed by atoms with Crippen molar-refractivity contribution in [1.29, 1.82) is 0 Å². The molecule has 0 saturated carbocycles. The molecular formula is C37H45N3O8. The molecule has 11 heteroatoms. The molecule has 48 heavy (non-hydrogen) atoms. The monoisotopic (exact) mass is 659 g/mol. The van der Waals surface area contributed by atoms with Crippen LogP contribution in [0.2, 0.25) is 0 Å². The van der Waals surface area contributed by atoms with E-state index in [1.165, 1.54) is 31.4 Å². The summed E-state index contributed by atoms with van der Waals surface area (Å²) in [6.45, 7) is 9.01. The van der Waals surface area contributed by atoms with Crippen LogP contribution in [0.5, 0.6) is 0 Å². The zero-order valence-corrected chi connectivity index (χ0v) is 28.4. The van der Waals surface area contributed by atoms with Crippen LogP contribution >= 0.6 is 0 Å². The van der Waals surface area contributed by atoms with Crippen molar-refractivity contribution in [3.05, 3.63) is 84.2 Å². The minimum absolute atomic E-state index is 0.0564. The van der Waals surface area contributed by atoms with Crippen LogP contribution in [-0.2, 0) is 23.9 Å². The van der Waals surface area contributed by atoms with Crippen molar-refractivity contribution in [2.24, 2.45) is 5.92 Å². The smallest absolute Gasteiger partial charge is 0.337 e. The highest BCUT2D eigenvalue weighted by Crippen LogP contribution is 2.30. The topological polar surface area (TPSA) is 152 Å². The van der Waals surface area contributed by atoms with E-state index >= 15 is 0 Å². The highest BCUT2D eigenvalue weighted by molar-refractivity contribution is 6.04. The Balaban J connectivity index is 1.81. The highest BCUT2D eigenvalue weighted by Gasteiger charge is 2.35. The third kappa shape index (κ3) is 11.3. The van der Waals surface area contributed by atoms with Gasteiger partial charge in [-0.25, -0.2) is 19.3 Å². The van der Waals surface area contributed by atoms with Gasteiger partial charge in [-0.3, -0.25) is 14.6 Å². The molecule has 3 aromatic rings. The Bertz CT molecular complexity index is 1550. The fourth-order valence-electron chi connectivity index (χ4n) is 5.27. The van der Waals surface area contributed by atoms with Crippen molar-refractivity contribution < 1.29 is 38.6 Å². The molecule has 0 aliphatic rings. The Morgan fingerprint density at radius 2 is 1.50 bits per heavy atom. The predicted molar refractivity (Wildman–Crippen MR) is 181 cm³/mol. The number of benzene rings is 2. The van der Waals surface area contributed by atoms with Crippen LogP contribution in [0.25, 0.3) is 11.1 Å². The number of aromatic nitrogens is 1. The van der Waals surface area contributed by atoms with Gasteiger partial charge in [0, 0.05) is 24.5 Å². The second kappa shape index (κ2) is 17.2. The van der Waals surface area contributed by atoms with Crippen molar-refractivity contribution in [3.8, 4) is 11.1 Å². The number of hydrogen-bond acceptors (Lipinski definition) is 8. The predicted octanol–water partition coefficient (Wildman–Crippen LogP) is 7.08. The first-order valence-corrected chi connectivity index (χ1v) is 15.9. The number of urea groups is 1. The van der Waals surface area contributed by atoms with E-state index in [0.717, 1.165) is 21.6 Å². The zero-order chi connectivity index (χ0) is 35.4.